The second kappa shape index (κ2) is 7.96. The Labute approximate surface area is 126 Å². The van der Waals surface area contributed by atoms with Crippen molar-refractivity contribution in [1.82, 2.24) is 10.7 Å². The molecule has 0 saturated heterocycles. The number of hydrogen-bond acceptors (Lipinski definition) is 3. The SMILES string of the molecule is CCNC(=S)N/[NH+]=C/c1cc(Br)c(O)c(OCC)c1. The van der Waals surface area contributed by atoms with Gasteiger partial charge in [0.2, 0.25) is 5.11 Å². The van der Waals surface area contributed by atoms with Crippen LogP contribution >= 0.6 is 28.1 Å². The largest absolute Gasteiger partial charge is 0.503 e. The first-order chi connectivity index (χ1) is 9.08. The molecule has 5 nitrogen and oxygen atoms in total. The van der Waals surface area contributed by atoms with Gasteiger partial charge in [0, 0.05) is 12.1 Å². The minimum Gasteiger partial charge on any atom is -0.503 e. The lowest BCUT2D eigenvalue weighted by atomic mass is 10.2. The summed E-state index contributed by atoms with van der Waals surface area (Å²) in [7, 11) is 0. The van der Waals surface area contributed by atoms with Gasteiger partial charge >= 0.3 is 0 Å². The van der Waals surface area contributed by atoms with Crippen LogP contribution < -0.4 is 20.6 Å². The van der Waals surface area contributed by atoms with Crippen LogP contribution in [0.2, 0.25) is 0 Å². The summed E-state index contributed by atoms with van der Waals surface area (Å²) in [4.78, 5) is 0. The van der Waals surface area contributed by atoms with E-state index in [-0.39, 0.29) is 5.75 Å². The molecule has 0 amide bonds. The van der Waals surface area contributed by atoms with Crippen molar-refractivity contribution < 1.29 is 14.9 Å². The molecule has 0 aliphatic heterocycles. The standard InChI is InChI=1S/C12H16BrN3O2S/c1-3-14-12(19)16-15-7-8-5-9(13)11(17)10(6-8)18-4-2/h5-7,17H,3-4H2,1-2H3,(H2,14,16,19)/p+1/b15-7+. The van der Waals surface area contributed by atoms with Gasteiger partial charge in [-0.3, -0.25) is 0 Å². The predicted octanol–water partition coefficient (Wildman–Crippen LogP) is 0.452. The molecule has 0 saturated carbocycles. The van der Waals surface area contributed by atoms with Gasteiger partial charge in [0.1, 0.15) is 0 Å². The Kier molecular flexibility index (Phi) is 6.58. The summed E-state index contributed by atoms with van der Waals surface area (Å²) in [6.07, 6.45) is 1.72. The average molecular weight is 347 g/mol. The summed E-state index contributed by atoms with van der Waals surface area (Å²) in [5.41, 5.74) is 3.65. The number of thiocarbonyl (C=S) groups is 1. The fourth-order valence-corrected chi connectivity index (χ4v) is 2.00. The highest BCUT2D eigenvalue weighted by Crippen LogP contribution is 2.34. The highest BCUT2D eigenvalue weighted by molar-refractivity contribution is 9.10. The summed E-state index contributed by atoms with van der Waals surface area (Å²) in [6.45, 7) is 5.06. The van der Waals surface area contributed by atoms with Gasteiger partial charge in [0.25, 0.3) is 0 Å². The summed E-state index contributed by atoms with van der Waals surface area (Å²) < 4.78 is 5.91. The van der Waals surface area contributed by atoms with E-state index in [4.69, 9.17) is 17.0 Å². The monoisotopic (exact) mass is 346 g/mol. The van der Waals surface area contributed by atoms with Crippen LogP contribution in [-0.2, 0) is 0 Å². The maximum atomic E-state index is 9.78. The zero-order valence-corrected chi connectivity index (χ0v) is 13.2. The molecule has 0 atom stereocenters. The Hall–Kier alpha value is -1.34. The van der Waals surface area contributed by atoms with E-state index in [0.717, 1.165) is 12.1 Å². The van der Waals surface area contributed by atoms with Gasteiger partial charge in [0.15, 0.2) is 17.7 Å². The van der Waals surface area contributed by atoms with E-state index in [1.165, 1.54) is 0 Å². The zero-order chi connectivity index (χ0) is 14.3. The van der Waals surface area contributed by atoms with Gasteiger partial charge in [-0.05, 0) is 54.1 Å². The molecule has 0 aliphatic carbocycles. The number of benzene rings is 1. The summed E-state index contributed by atoms with van der Waals surface area (Å²) >= 11 is 8.28. The molecule has 0 radical (unpaired) electrons. The number of rotatable bonds is 5. The molecule has 0 aliphatic rings. The van der Waals surface area contributed by atoms with Gasteiger partial charge in [0.05, 0.1) is 11.1 Å². The van der Waals surface area contributed by atoms with Crippen LogP contribution in [0.3, 0.4) is 0 Å². The molecule has 0 heterocycles. The van der Waals surface area contributed by atoms with Gasteiger partial charge in [-0.2, -0.15) is 0 Å². The molecule has 0 unspecified atom stereocenters. The smallest absolute Gasteiger partial charge is 0.223 e. The highest BCUT2D eigenvalue weighted by Gasteiger charge is 2.09. The second-order valence-electron chi connectivity index (χ2n) is 3.56. The third-order valence-electron chi connectivity index (χ3n) is 2.11. The second-order valence-corrected chi connectivity index (χ2v) is 4.82. The van der Waals surface area contributed by atoms with Crippen LogP contribution in [0.4, 0.5) is 0 Å². The van der Waals surface area contributed by atoms with Crippen molar-refractivity contribution in [2.45, 2.75) is 13.8 Å². The van der Waals surface area contributed by atoms with E-state index < -0.39 is 0 Å². The van der Waals surface area contributed by atoms with Crippen molar-refractivity contribution in [3.05, 3.63) is 22.2 Å². The van der Waals surface area contributed by atoms with Gasteiger partial charge in [-0.25, -0.2) is 0 Å². The van der Waals surface area contributed by atoms with Crippen LogP contribution in [0.15, 0.2) is 16.6 Å². The third kappa shape index (κ3) is 5.04. The first-order valence-corrected chi connectivity index (χ1v) is 7.06. The number of hydrazine groups is 1. The van der Waals surface area contributed by atoms with Crippen LogP contribution in [0.1, 0.15) is 19.4 Å². The summed E-state index contributed by atoms with van der Waals surface area (Å²) in [5.74, 6) is 0.523. The van der Waals surface area contributed by atoms with Crippen molar-refractivity contribution in [3.8, 4) is 11.5 Å². The molecule has 104 valence electrons. The van der Waals surface area contributed by atoms with Gasteiger partial charge in [-0.1, -0.05) is 0 Å². The van der Waals surface area contributed by atoms with Crippen molar-refractivity contribution in [1.29, 1.82) is 0 Å². The lowest BCUT2D eigenvalue weighted by molar-refractivity contribution is -0.500. The summed E-state index contributed by atoms with van der Waals surface area (Å²) in [6, 6.07) is 3.50. The molecule has 1 aromatic carbocycles. The number of hydrazone groups is 1. The van der Waals surface area contributed by atoms with Crippen molar-refractivity contribution in [2.75, 3.05) is 13.2 Å². The Morgan fingerprint density at radius 3 is 2.89 bits per heavy atom. The fourth-order valence-electron chi connectivity index (χ4n) is 1.33. The van der Waals surface area contributed by atoms with Crippen LogP contribution in [-0.4, -0.2) is 29.6 Å². The van der Waals surface area contributed by atoms with Crippen molar-refractivity contribution >= 4 is 39.5 Å². The lowest BCUT2D eigenvalue weighted by Gasteiger charge is -2.07. The average Bonchev–Trinajstić information content (AvgIpc) is 2.36. The molecule has 0 bridgehead atoms. The predicted molar refractivity (Wildman–Crippen MR) is 82.5 cm³/mol. The molecule has 1 rings (SSSR count). The van der Waals surface area contributed by atoms with E-state index in [2.05, 4.69) is 31.8 Å². The number of phenols is 1. The van der Waals surface area contributed by atoms with E-state index in [1.807, 2.05) is 13.8 Å². The maximum Gasteiger partial charge on any atom is 0.223 e. The molecule has 1 aromatic rings. The first kappa shape index (κ1) is 15.7. The molecular formula is C12H17BrN3O2S+. The summed E-state index contributed by atoms with van der Waals surface area (Å²) in [5, 5.41) is 16.1. The fraction of sp³-hybridized carbons (Fsp3) is 0.333. The Balaban J connectivity index is 2.78. The number of ether oxygens (including phenoxy) is 1. The zero-order valence-electron chi connectivity index (χ0n) is 10.8. The Morgan fingerprint density at radius 1 is 1.53 bits per heavy atom. The van der Waals surface area contributed by atoms with E-state index in [9.17, 15) is 5.11 Å². The number of halogens is 1. The number of nitrogens with one attached hydrogen (secondary N) is 3. The van der Waals surface area contributed by atoms with E-state index >= 15 is 0 Å². The van der Waals surface area contributed by atoms with E-state index in [0.29, 0.717) is 21.9 Å². The first-order valence-electron chi connectivity index (χ1n) is 5.86. The number of aromatic hydroxyl groups is 1. The van der Waals surface area contributed by atoms with Crippen LogP contribution in [0.5, 0.6) is 11.5 Å². The van der Waals surface area contributed by atoms with Crippen LogP contribution in [0.25, 0.3) is 0 Å². The molecule has 0 aromatic heterocycles. The van der Waals surface area contributed by atoms with Crippen molar-refractivity contribution in [3.63, 3.8) is 0 Å². The minimum atomic E-state index is 0.0927. The number of hydrogen-bond donors (Lipinski definition) is 4. The number of phenolic OH excluding ortho intramolecular Hbond substituents is 1. The van der Waals surface area contributed by atoms with Crippen LogP contribution in [0, 0.1) is 0 Å². The van der Waals surface area contributed by atoms with Crippen molar-refractivity contribution in [2.24, 2.45) is 0 Å². The Bertz CT molecular complexity index is 480. The molecular weight excluding hydrogens is 330 g/mol. The minimum absolute atomic E-state index is 0.0927. The Morgan fingerprint density at radius 2 is 2.26 bits per heavy atom. The highest BCUT2D eigenvalue weighted by atomic mass is 79.9. The maximum absolute atomic E-state index is 9.78. The molecule has 0 spiro atoms. The third-order valence-corrected chi connectivity index (χ3v) is 2.96. The molecule has 0 fully saturated rings. The quantitative estimate of drug-likeness (QED) is 0.354. The van der Waals surface area contributed by atoms with Gasteiger partial charge < -0.3 is 15.2 Å². The molecule has 4 N–H and O–H groups in total. The molecule has 7 heteroatoms. The van der Waals surface area contributed by atoms with E-state index in [1.54, 1.807) is 18.3 Å². The topological polar surface area (TPSA) is 67.5 Å². The molecule has 19 heavy (non-hydrogen) atoms. The lowest BCUT2D eigenvalue weighted by Crippen LogP contribution is -2.82. The normalized spacial score (nSPS) is 10.5. The van der Waals surface area contributed by atoms with Gasteiger partial charge in [-0.15, -0.1) is 10.5 Å².